The molecule has 0 saturated carbocycles. The molecule has 2 aromatic rings. The first-order valence-electron chi connectivity index (χ1n) is 7.24. The van der Waals surface area contributed by atoms with Crippen molar-refractivity contribution < 1.29 is 12.8 Å². The highest BCUT2D eigenvalue weighted by Gasteiger charge is 2.32. The van der Waals surface area contributed by atoms with Crippen LogP contribution in [0.15, 0.2) is 41.8 Å². The van der Waals surface area contributed by atoms with Crippen molar-refractivity contribution in [3.63, 3.8) is 0 Å². The minimum atomic E-state index is -2.95. The van der Waals surface area contributed by atoms with Gasteiger partial charge < -0.3 is 0 Å². The molecule has 0 amide bonds. The SMILES string of the molecule is O=S1(=O)CCC(N(Cc2cccs2)Cc2ccccc2F)C1. The minimum Gasteiger partial charge on any atom is -0.290 e. The Labute approximate surface area is 134 Å². The highest BCUT2D eigenvalue weighted by atomic mass is 32.2. The zero-order valence-corrected chi connectivity index (χ0v) is 13.7. The van der Waals surface area contributed by atoms with Crippen molar-refractivity contribution in [3.05, 3.63) is 58.0 Å². The van der Waals surface area contributed by atoms with Crippen LogP contribution in [0.5, 0.6) is 0 Å². The molecule has 1 fully saturated rings. The number of hydrogen-bond donors (Lipinski definition) is 0. The average Bonchev–Trinajstić information content (AvgIpc) is 3.10. The summed E-state index contributed by atoms with van der Waals surface area (Å²) in [7, 11) is -2.95. The zero-order valence-electron chi connectivity index (χ0n) is 12.1. The fraction of sp³-hybridized carbons (Fsp3) is 0.375. The highest BCUT2D eigenvalue weighted by molar-refractivity contribution is 7.91. The van der Waals surface area contributed by atoms with E-state index >= 15 is 0 Å². The third-order valence-electron chi connectivity index (χ3n) is 4.00. The van der Waals surface area contributed by atoms with Gasteiger partial charge in [-0.3, -0.25) is 4.90 Å². The maximum Gasteiger partial charge on any atom is 0.151 e. The topological polar surface area (TPSA) is 37.4 Å². The van der Waals surface area contributed by atoms with Gasteiger partial charge in [0.2, 0.25) is 0 Å². The van der Waals surface area contributed by atoms with E-state index in [9.17, 15) is 12.8 Å². The molecule has 2 heterocycles. The van der Waals surface area contributed by atoms with Gasteiger partial charge in [-0.05, 0) is 23.9 Å². The summed E-state index contributed by atoms with van der Waals surface area (Å²) < 4.78 is 37.5. The van der Waals surface area contributed by atoms with Crippen molar-refractivity contribution in [1.29, 1.82) is 0 Å². The van der Waals surface area contributed by atoms with Crippen LogP contribution in [-0.4, -0.2) is 30.9 Å². The van der Waals surface area contributed by atoms with E-state index in [1.54, 1.807) is 23.5 Å². The molecule has 0 radical (unpaired) electrons. The standard InChI is InChI=1S/C16H18FNO2S2/c17-16-6-2-1-4-13(16)10-18(11-15-5-3-8-21-15)14-7-9-22(19,20)12-14/h1-6,8,14H,7,9-12H2. The summed E-state index contributed by atoms with van der Waals surface area (Å²) in [5.41, 5.74) is 0.614. The third kappa shape index (κ3) is 3.74. The van der Waals surface area contributed by atoms with Crippen molar-refractivity contribution in [2.24, 2.45) is 0 Å². The van der Waals surface area contributed by atoms with E-state index in [1.807, 2.05) is 23.6 Å². The Bertz CT molecular complexity index is 728. The summed E-state index contributed by atoms with van der Waals surface area (Å²) in [5, 5.41) is 2.00. The Balaban J connectivity index is 1.81. The number of rotatable bonds is 5. The summed E-state index contributed by atoms with van der Waals surface area (Å²) in [6.45, 7) is 1.09. The van der Waals surface area contributed by atoms with E-state index in [0.717, 1.165) is 0 Å². The monoisotopic (exact) mass is 339 g/mol. The molecule has 6 heteroatoms. The molecule has 22 heavy (non-hydrogen) atoms. The number of thiophene rings is 1. The van der Waals surface area contributed by atoms with Gasteiger partial charge in [-0.25, -0.2) is 12.8 Å². The van der Waals surface area contributed by atoms with Crippen molar-refractivity contribution in [3.8, 4) is 0 Å². The Morgan fingerprint density at radius 1 is 1.18 bits per heavy atom. The van der Waals surface area contributed by atoms with Crippen LogP contribution in [0.4, 0.5) is 4.39 Å². The molecule has 1 unspecified atom stereocenters. The van der Waals surface area contributed by atoms with Crippen LogP contribution in [0.25, 0.3) is 0 Å². The van der Waals surface area contributed by atoms with E-state index in [2.05, 4.69) is 4.90 Å². The molecule has 118 valence electrons. The second-order valence-corrected chi connectivity index (χ2v) is 8.89. The van der Waals surface area contributed by atoms with Gasteiger partial charge >= 0.3 is 0 Å². The fourth-order valence-electron chi connectivity index (χ4n) is 2.83. The fourth-order valence-corrected chi connectivity index (χ4v) is 5.32. The number of benzene rings is 1. The van der Waals surface area contributed by atoms with Crippen LogP contribution in [0.3, 0.4) is 0 Å². The molecule has 0 spiro atoms. The van der Waals surface area contributed by atoms with Crippen LogP contribution in [0.1, 0.15) is 16.9 Å². The summed E-state index contributed by atoms with van der Waals surface area (Å²) in [4.78, 5) is 3.26. The van der Waals surface area contributed by atoms with Crippen LogP contribution in [-0.2, 0) is 22.9 Å². The molecule has 1 saturated heterocycles. The van der Waals surface area contributed by atoms with Gasteiger partial charge in [0.1, 0.15) is 5.82 Å². The maximum atomic E-state index is 13.9. The highest BCUT2D eigenvalue weighted by Crippen LogP contribution is 2.24. The molecular formula is C16H18FNO2S2. The smallest absolute Gasteiger partial charge is 0.151 e. The molecule has 3 nitrogen and oxygen atoms in total. The lowest BCUT2D eigenvalue weighted by molar-refractivity contribution is 0.193. The van der Waals surface area contributed by atoms with Crippen molar-refractivity contribution in [1.82, 2.24) is 4.90 Å². The molecule has 0 N–H and O–H groups in total. The lowest BCUT2D eigenvalue weighted by Crippen LogP contribution is -2.35. The molecule has 3 rings (SSSR count). The van der Waals surface area contributed by atoms with Gasteiger partial charge in [0.25, 0.3) is 0 Å². The molecule has 1 aromatic carbocycles. The van der Waals surface area contributed by atoms with Crippen molar-refractivity contribution in [2.45, 2.75) is 25.6 Å². The predicted octanol–water partition coefficient (Wildman–Crippen LogP) is 3.08. The van der Waals surface area contributed by atoms with E-state index in [0.29, 0.717) is 25.1 Å². The van der Waals surface area contributed by atoms with E-state index in [1.165, 1.54) is 10.9 Å². The van der Waals surface area contributed by atoms with E-state index in [-0.39, 0.29) is 23.4 Å². The van der Waals surface area contributed by atoms with Gasteiger partial charge in [0.05, 0.1) is 11.5 Å². The first-order chi connectivity index (χ1) is 10.5. The van der Waals surface area contributed by atoms with Gasteiger partial charge in [-0.15, -0.1) is 11.3 Å². The third-order valence-corrected chi connectivity index (χ3v) is 6.61. The summed E-state index contributed by atoms with van der Waals surface area (Å²) >= 11 is 1.64. The van der Waals surface area contributed by atoms with Crippen LogP contribution >= 0.6 is 11.3 Å². The first-order valence-corrected chi connectivity index (χ1v) is 9.94. The molecule has 1 aromatic heterocycles. The van der Waals surface area contributed by atoms with Crippen molar-refractivity contribution in [2.75, 3.05) is 11.5 Å². The lowest BCUT2D eigenvalue weighted by Gasteiger charge is -2.27. The van der Waals surface area contributed by atoms with Gasteiger partial charge in [-0.2, -0.15) is 0 Å². The predicted molar refractivity (Wildman–Crippen MR) is 87.0 cm³/mol. The average molecular weight is 339 g/mol. The van der Waals surface area contributed by atoms with Crippen molar-refractivity contribution >= 4 is 21.2 Å². The van der Waals surface area contributed by atoms with Crippen LogP contribution in [0, 0.1) is 5.82 Å². The Kier molecular flexibility index (Phi) is 4.61. The largest absolute Gasteiger partial charge is 0.290 e. The second-order valence-electron chi connectivity index (χ2n) is 5.63. The van der Waals surface area contributed by atoms with Crippen LogP contribution < -0.4 is 0 Å². The van der Waals surface area contributed by atoms with Gasteiger partial charge in [0, 0.05) is 29.6 Å². The normalized spacial score (nSPS) is 20.5. The molecular weight excluding hydrogens is 321 g/mol. The molecule has 0 bridgehead atoms. The number of hydrogen-bond acceptors (Lipinski definition) is 4. The van der Waals surface area contributed by atoms with E-state index < -0.39 is 9.84 Å². The second kappa shape index (κ2) is 6.48. The first kappa shape index (κ1) is 15.6. The quantitative estimate of drug-likeness (QED) is 0.840. The van der Waals surface area contributed by atoms with Gasteiger partial charge in [-0.1, -0.05) is 24.3 Å². The number of halogens is 1. The molecule has 1 aliphatic rings. The van der Waals surface area contributed by atoms with E-state index in [4.69, 9.17) is 0 Å². The summed E-state index contributed by atoms with van der Waals surface area (Å²) in [6.07, 6.45) is 0.627. The molecule has 1 aliphatic heterocycles. The lowest BCUT2D eigenvalue weighted by atomic mass is 10.1. The Hall–Kier alpha value is -1.24. The zero-order chi connectivity index (χ0) is 15.6. The molecule has 0 aliphatic carbocycles. The molecule has 1 atom stereocenters. The summed E-state index contributed by atoms with van der Waals surface area (Å²) in [6, 6.07) is 10.7. The Morgan fingerprint density at radius 2 is 2.00 bits per heavy atom. The number of sulfone groups is 1. The Morgan fingerprint density at radius 3 is 2.64 bits per heavy atom. The minimum absolute atomic E-state index is 0.0355. The maximum absolute atomic E-state index is 13.9. The van der Waals surface area contributed by atoms with Gasteiger partial charge in [0.15, 0.2) is 9.84 Å². The number of nitrogens with zero attached hydrogens (tertiary/aromatic N) is 1. The summed E-state index contributed by atoms with van der Waals surface area (Å²) in [5.74, 6) is 0.169. The van der Waals surface area contributed by atoms with Crippen LogP contribution in [0.2, 0.25) is 0 Å².